The molecule has 0 bridgehead atoms. The number of aliphatic imine (C=N–C) groups is 1. The van der Waals surface area contributed by atoms with E-state index >= 15 is 0 Å². The fourth-order valence-electron chi connectivity index (χ4n) is 3.93. The minimum absolute atomic E-state index is 0.0178. The Hall–Kier alpha value is -4.20. The molecule has 1 aliphatic heterocycles. The van der Waals surface area contributed by atoms with E-state index in [1.54, 1.807) is 24.3 Å². The lowest BCUT2D eigenvalue weighted by Crippen LogP contribution is -2.57. The lowest BCUT2D eigenvalue weighted by Gasteiger charge is -2.25. The maximum Gasteiger partial charge on any atom is 0.326 e. The second kappa shape index (κ2) is 15.1. The monoisotopic (exact) mass is 533 g/mol. The van der Waals surface area contributed by atoms with E-state index < -0.39 is 54.3 Å². The van der Waals surface area contributed by atoms with Crippen molar-refractivity contribution in [2.45, 2.75) is 62.7 Å². The highest BCUT2D eigenvalue weighted by molar-refractivity contribution is 5.94. The summed E-state index contributed by atoms with van der Waals surface area (Å²) in [4.78, 5) is 65.4. The molecule has 0 saturated carbocycles. The maximum atomic E-state index is 13.3. The molecular weight excluding hydrogens is 498 g/mol. The third-order valence-electron chi connectivity index (χ3n) is 5.86. The number of nitrogens with zero attached hydrogens (tertiary/aromatic N) is 1. The van der Waals surface area contributed by atoms with Gasteiger partial charge in [0.25, 0.3) is 0 Å². The minimum atomic E-state index is -1.70. The number of carbonyl (C=O) groups excluding carboxylic acids is 3. The standard InChI is InChI=1S/C24H35N7O7/c25-24(26)28-11-5-9-16(21(35)31-18(23(37)38)13-19(32)33)29-22(36)17(12-14-6-2-1-3-7-14)30-20(34)15-8-4-10-27-15/h1-3,6-7,15-18,27H,4-5,8-13H2,(H,29,36)(H,30,34)(H,31,35)(H,32,33)(H,37,38)(H4,25,26,28). The average Bonchev–Trinajstić information content (AvgIpc) is 3.40. The van der Waals surface area contributed by atoms with Crippen LogP contribution >= 0.6 is 0 Å². The largest absolute Gasteiger partial charge is 0.481 e. The van der Waals surface area contributed by atoms with Crippen molar-refractivity contribution in [3.63, 3.8) is 0 Å². The summed E-state index contributed by atoms with van der Waals surface area (Å²) < 4.78 is 0. The quantitative estimate of drug-likeness (QED) is 0.0704. The van der Waals surface area contributed by atoms with Crippen molar-refractivity contribution in [3.05, 3.63) is 35.9 Å². The Morgan fingerprint density at radius 3 is 2.21 bits per heavy atom. The van der Waals surface area contributed by atoms with Crippen molar-refractivity contribution in [2.24, 2.45) is 16.5 Å². The fraction of sp³-hybridized carbons (Fsp3) is 0.500. The second-order valence-electron chi connectivity index (χ2n) is 8.91. The van der Waals surface area contributed by atoms with Gasteiger partial charge in [0.1, 0.15) is 18.1 Å². The zero-order valence-electron chi connectivity index (χ0n) is 20.9. The van der Waals surface area contributed by atoms with Gasteiger partial charge in [-0.2, -0.15) is 0 Å². The molecule has 38 heavy (non-hydrogen) atoms. The molecule has 1 aromatic carbocycles. The topological polar surface area (TPSA) is 238 Å². The number of carbonyl (C=O) groups is 5. The van der Waals surface area contributed by atoms with Gasteiger partial charge in [-0.15, -0.1) is 0 Å². The smallest absolute Gasteiger partial charge is 0.326 e. The van der Waals surface area contributed by atoms with Crippen LogP contribution in [0, 0.1) is 0 Å². The number of carboxylic acid groups (broad SMARTS) is 2. The summed E-state index contributed by atoms with van der Waals surface area (Å²) in [6.07, 6.45) is 1.01. The molecule has 1 aromatic rings. The van der Waals surface area contributed by atoms with Crippen LogP contribution in [0.3, 0.4) is 0 Å². The van der Waals surface area contributed by atoms with E-state index in [0.717, 1.165) is 12.0 Å². The molecule has 2 rings (SSSR count). The average molecular weight is 534 g/mol. The van der Waals surface area contributed by atoms with Crippen LogP contribution in [0.25, 0.3) is 0 Å². The van der Waals surface area contributed by atoms with E-state index in [0.29, 0.717) is 13.0 Å². The number of rotatable bonds is 15. The van der Waals surface area contributed by atoms with Gasteiger partial charge in [-0.05, 0) is 37.8 Å². The first-order valence-corrected chi connectivity index (χ1v) is 12.2. The Kier molecular flexibility index (Phi) is 12.0. The van der Waals surface area contributed by atoms with Crippen LogP contribution in [0.1, 0.15) is 37.7 Å². The SMILES string of the molecule is NC(N)=NCCCC(NC(=O)C(Cc1ccccc1)NC(=O)C1CCCN1)C(=O)NC(CC(=O)O)C(=O)O. The van der Waals surface area contributed by atoms with Crippen molar-refractivity contribution in [1.29, 1.82) is 0 Å². The van der Waals surface area contributed by atoms with Crippen molar-refractivity contribution < 1.29 is 34.2 Å². The first-order chi connectivity index (χ1) is 18.1. The molecule has 1 aliphatic rings. The van der Waals surface area contributed by atoms with E-state index in [1.165, 1.54) is 0 Å². The number of nitrogens with two attached hydrogens (primary N) is 2. The molecule has 0 radical (unpaired) electrons. The number of hydrogen-bond donors (Lipinski definition) is 8. The molecule has 14 heteroatoms. The molecule has 4 atom stereocenters. The highest BCUT2D eigenvalue weighted by Gasteiger charge is 2.32. The van der Waals surface area contributed by atoms with Gasteiger partial charge in [-0.1, -0.05) is 30.3 Å². The third-order valence-corrected chi connectivity index (χ3v) is 5.86. The van der Waals surface area contributed by atoms with Crippen molar-refractivity contribution in [2.75, 3.05) is 13.1 Å². The van der Waals surface area contributed by atoms with Gasteiger partial charge in [-0.3, -0.25) is 24.2 Å². The van der Waals surface area contributed by atoms with Crippen LogP contribution in [-0.4, -0.2) is 83.1 Å². The van der Waals surface area contributed by atoms with Gasteiger partial charge < -0.3 is 42.9 Å². The van der Waals surface area contributed by atoms with Crippen molar-refractivity contribution >= 4 is 35.6 Å². The van der Waals surface area contributed by atoms with Crippen LogP contribution in [0.4, 0.5) is 0 Å². The first-order valence-electron chi connectivity index (χ1n) is 12.2. The van der Waals surface area contributed by atoms with E-state index in [1.807, 2.05) is 6.07 Å². The molecule has 208 valence electrons. The molecule has 3 amide bonds. The number of guanidine groups is 1. The molecule has 1 saturated heterocycles. The molecular formula is C24H35N7O7. The number of amides is 3. The third kappa shape index (κ3) is 10.4. The van der Waals surface area contributed by atoms with E-state index in [4.69, 9.17) is 16.6 Å². The highest BCUT2D eigenvalue weighted by Crippen LogP contribution is 2.09. The highest BCUT2D eigenvalue weighted by atomic mass is 16.4. The number of hydrogen-bond acceptors (Lipinski definition) is 7. The Morgan fingerprint density at radius 1 is 0.974 bits per heavy atom. The van der Waals surface area contributed by atoms with Crippen molar-refractivity contribution in [1.82, 2.24) is 21.3 Å². The van der Waals surface area contributed by atoms with Crippen LogP contribution in [0.15, 0.2) is 35.3 Å². The Balaban J connectivity index is 2.20. The van der Waals surface area contributed by atoms with Gasteiger partial charge in [0, 0.05) is 13.0 Å². The van der Waals surface area contributed by atoms with Crippen LogP contribution in [0.5, 0.6) is 0 Å². The Labute approximate surface area is 219 Å². The molecule has 4 unspecified atom stereocenters. The minimum Gasteiger partial charge on any atom is -0.481 e. The summed E-state index contributed by atoms with van der Waals surface area (Å²) in [6, 6.07) is 4.57. The number of carboxylic acids is 2. The van der Waals surface area contributed by atoms with Gasteiger partial charge in [0.15, 0.2) is 5.96 Å². The molecule has 10 N–H and O–H groups in total. The van der Waals surface area contributed by atoms with Gasteiger partial charge in [0.05, 0.1) is 12.5 Å². The van der Waals surface area contributed by atoms with Crippen LogP contribution < -0.4 is 32.7 Å². The van der Waals surface area contributed by atoms with Gasteiger partial charge in [-0.25, -0.2) is 4.79 Å². The van der Waals surface area contributed by atoms with Crippen molar-refractivity contribution in [3.8, 4) is 0 Å². The summed E-state index contributed by atoms with van der Waals surface area (Å²) in [5, 5.41) is 28.8. The molecule has 1 fully saturated rings. The molecule has 1 heterocycles. The molecule has 0 spiro atoms. The van der Waals surface area contributed by atoms with Gasteiger partial charge >= 0.3 is 11.9 Å². The normalized spacial score (nSPS) is 16.9. The molecule has 14 nitrogen and oxygen atoms in total. The Bertz CT molecular complexity index is 1010. The summed E-state index contributed by atoms with van der Waals surface area (Å²) in [5.41, 5.74) is 11.4. The summed E-state index contributed by atoms with van der Waals surface area (Å²) in [6.45, 7) is 0.823. The molecule has 0 aromatic heterocycles. The summed E-state index contributed by atoms with van der Waals surface area (Å²) >= 11 is 0. The van der Waals surface area contributed by atoms with E-state index in [-0.39, 0.29) is 37.7 Å². The first kappa shape index (κ1) is 30.0. The number of benzene rings is 1. The second-order valence-corrected chi connectivity index (χ2v) is 8.91. The maximum absolute atomic E-state index is 13.3. The Morgan fingerprint density at radius 2 is 1.63 bits per heavy atom. The lowest BCUT2D eigenvalue weighted by atomic mass is 10.0. The lowest BCUT2D eigenvalue weighted by molar-refractivity contribution is -0.147. The molecule has 0 aliphatic carbocycles. The zero-order valence-corrected chi connectivity index (χ0v) is 20.9. The zero-order chi connectivity index (χ0) is 28.1. The van der Waals surface area contributed by atoms with Crippen LogP contribution in [0.2, 0.25) is 0 Å². The predicted octanol–water partition coefficient (Wildman–Crippen LogP) is -1.95. The van der Waals surface area contributed by atoms with Gasteiger partial charge in [0.2, 0.25) is 17.7 Å². The van der Waals surface area contributed by atoms with Crippen LogP contribution in [-0.2, 0) is 30.4 Å². The number of aliphatic carboxylic acids is 2. The van der Waals surface area contributed by atoms with E-state index in [2.05, 4.69) is 26.3 Å². The fourth-order valence-corrected chi connectivity index (χ4v) is 3.93. The number of nitrogens with one attached hydrogen (secondary N) is 4. The summed E-state index contributed by atoms with van der Waals surface area (Å²) in [5.74, 6) is -5.01. The predicted molar refractivity (Wildman–Crippen MR) is 137 cm³/mol. The van der Waals surface area contributed by atoms with E-state index in [9.17, 15) is 29.1 Å². The summed E-state index contributed by atoms with van der Waals surface area (Å²) in [7, 11) is 0.